The molecule has 2 nitrogen and oxygen atoms in total. The van der Waals surface area contributed by atoms with Crippen LogP contribution in [0.1, 0.15) is 48.0 Å². The second-order valence-corrected chi connectivity index (χ2v) is 21.5. The van der Waals surface area contributed by atoms with Gasteiger partial charge in [-0.3, -0.25) is 0 Å². The minimum atomic E-state index is -2.06. The third kappa shape index (κ3) is 5.08. The van der Waals surface area contributed by atoms with Crippen LogP contribution in [0.2, 0.25) is 29.2 Å². The van der Waals surface area contributed by atoms with Gasteiger partial charge in [0.2, 0.25) is 0 Å². The molecule has 0 unspecified atom stereocenters. The van der Waals surface area contributed by atoms with Gasteiger partial charge < -0.3 is 9.16 Å². The lowest BCUT2D eigenvalue weighted by Crippen LogP contribution is -2.66. The molecule has 0 aromatic heterocycles. The standard InChI is InChI=1S/C27H42O2Si2/c1-26(2,3)30(7,8)28-20-22-19-23(29-22)21-31(27(4,5)6,24-15-11-9-12-16-24)25-17-13-10-14-18-25/h9-18,22-23H,19-21H2,1-8H3/t22-,23+/m1/s1. The van der Waals surface area contributed by atoms with E-state index in [4.69, 9.17) is 9.16 Å². The number of hydrogen-bond donors (Lipinski definition) is 0. The predicted molar refractivity (Wildman–Crippen MR) is 139 cm³/mol. The first-order chi connectivity index (χ1) is 14.4. The summed E-state index contributed by atoms with van der Waals surface area (Å²) < 4.78 is 12.9. The van der Waals surface area contributed by atoms with Crippen molar-refractivity contribution in [2.24, 2.45) is 0 Å². The molecule has 0 amide bonds. The van der Waals surface area contributed by atoms with Gasteiger partial charge in [-0.05, 0) is 29.2 Å². The lowest BCUT2D eigenvalue weighted by Gasteiger charge is -2.49. The van der Waals surface area contributed by atoms with Gasteiger partial charge in [-0.1, -0.05) is 113 Å². The van der Waals surface area contributed by atoms with Crippen LogP contribution in [-0.4, -0.2) is 35.2 Å². The first-order valence-electron chi connectivity index (χ1n) is 11.8. The van der Waals surface area contributed by atoms with E-state index >= 15 is 0 Å². The fourth-order valence-corrected chi connectivity index (χ4v) is 11.3. The molecular formula is C27H42O2Si2. The fraction of sp³-hybridized carbons (Fsp3) is 0.556. The second kappa shape index (κ2) is 8.97. The van der Waals surface area contributed by atoms with Gasteiger partial charge in [0.25, 0.3) is 0 Å². The molecule has 0 aliphatic carbocycles. The molecule has 2 aromatic rings. The Morgan fingerprint density at radius 1 is 0.774 bits per heavy atom. The van der Waals surface area contributed by atoms with Gasteiger partial charge in [0.05, 0.1) is 18.8 Å². The van der Waals surface area contributed by atoms with Crippen molar-refractivity contribution >= 4 is 26.8 Å². The summed E-state index contributed by atoms with van der Waals surface area (Å²) in [6.07, 6.45) is 1.68. The van der Waals surface area contributed by atoms with Crippen molar-refractivity contribution in [3.63, 3.8) is 0 Å². The van der Waals surface area contributed by atoms with Gasteiger partial charge in [-0.25, -0.2) is 0 Å². The van der Waals surface area contributed by atoms with Crippen LogP contribution in [0.5, 0.6) is 0 Å². The van der Waals surface area contributed by atoms with Gasteiger partial charge in [-0.2, -0.15) is 0 Å². The van der Waals surface area contributed by atoms with Gasteiger partial charge >= 0.3 is 0 Å². The number of rotatable bonds is 7. The highest BCUT2D eigenvalue weighted by molar-refractivity contribution is 7.04. The molecule has 0 saturated carbocycles. The maximum absolute atomic E-state index is 6.47. The van der Waals surface area contributed by atoms with Crippen LogP contribution in [0.15, 0.2) is 60.7 Å². The fourth-order valence-electron chi connectivity index (χ4n) is 4.67. The van der Waals surface area contributed by atoms with Crippen LogP contribution in [0.25, 0.3) is 0 Å². The minimum absolute atomic E-state index is 0.182. The smallest absolute Gasteiger partial charge is 0.192 e. The third-order valence-electron chi connectivity index (χ3n) is 7.69. The zero-order valence-corrected chi connectivity index (χ0v) is 22.9. The van der Waals surface area contributed by atoms with Crippen LogP contribution < -0.4 is 10.4 Å². The van der Waals surface area contributed by atoms with E-state index in [1.165, 1.54) is 10.4 Å². The highest BCUT2D eigenvalue weighted by Gasteiger charge is 2.51. The van der Waals surface area contributed by atoms with Gasteiger partial charge in [0.15, 0.2) is 8.32 Å². The highest BCUT2D eigenvalue weighted by Crippen LogP contribution is 2.43. The largest absolute Gasteiger partial charge is 0.414 e. The predicted octanol–water partition coefficient (Wildman–Crippen LogP) is 6.23. The minimum Gasteiger partial charge on any atom is -0.414 e. The average Bonchev–Trinajstić information content (AvgIpc) is 2.66. The molecule has 170 valence electrons. The molecule has 0 spiro atoms. The number of hydrogen-bond acceptors (Lipinski definition) is 2. The molecule has 4 heteroatoms. The van der Waals surface area contributed by atoms with Crippen molar-refractivity contribution in [3.8, 4) is 0 Å². The molecule has 1 aliphatic heterocycles. The maximum atomic E-state index is 6.47. The molecule has 0 N–H and O–H groups in total. The summed E-state index contributed by atoms with van der Waals surface area (Å²) in [4.78, 5) is 0. The molecule has 1 aliphatic rings. The lowest BCUT2D eigenvalue weighted by molar-refractivity contribution is -0.130. The molecule has 1 heterocycles. The van der Waals surface area contributed by atoms with Crippen molar-refractivity contribution < 1.29 is 9.16 Å². The molecule has 2 atom stereocenters. The van der Waals surface area contributed by atoms with E-state index in [1.54, 1.807) is 0 Å². The van der Waals surface area contributed by atoms with E-state index in [9.17, 15) is 0 Å². The zero-order chi connectivity index (χ0) is 22.9. The van der Waals surface area contributed by atoms with Crippen molar-refractivity contribution in [3.05, 3.63) is 60.7 Å². The Morgan fingerprint density at radius 3 is 1.61 bits per heavy atom. The molecule has 3 rings (SSSR count). The van der Waals surface area contributed by atoms with Crippen LogP contribution >= 0.6 is 0 Å². The van der Waals surface area contributed by atoms with E-state index in [2.05, 4.69) is 115 Å². The van der Waals surface area contributed by atoms with Crippen molar-refractivity contribution in [2.75, 3.05) is 6.61 Å². The maximum Gasteiger partial charge on any atom is 0.192 e. The van der Waals surface area contributed by atoms with Gasteiger partial charge in [0.1, 0.15) is 8.07 Å². The van der Waals surface area contributed by atoms with E-state index in [0.717, 1.165) is 19.1 Å². The molecule has 31 heavy (non-hydrogen) atoms. The lowest BCUT2D eigenvalue weighted by atomic mass is 10.1. The molecule has 0 radical (unpaired) electrons. The van der Waals surface area contributed by atoms with E-state index in [0.29, 0.717) is 6.10 Å². The summed E-state index contributed by atoms with van der Waals surface area (Å²) in [5.74, 6) is 0. The van der Waals surface area contributed by atoms with E-state index in [1.807, 2.05) is 0 Å². The monoisotopic (exact) mass is 454 g/mol. The third-order valence-corrected chi connectivity index (χ3v) is 18.5. The second-order valence-electron chi connectivity index (χ2n) is 11.8. The normalized spacial score (nSPS) is 20.4. The molecule has 0 bridgehead atoms. The first kappa shape index (κ1) is 24.4. The molecule has 2 aromatic carbocycles. The SMILES string of the molecule is CC(C)(C)[Si](C)(C)OC[C@H]1C[C@@H](C[Si](c2ccccc2)(c2ccccc2)C(C)(C)C)O1. The summed E-state index contributed by atoms with van der Waals surface area (Å²) in [6.45, 7) is 19.6. The topological polar surface area (TPSA) is 18.5 Å². The number of ether oxygens (including phenoxy) is 1. The van der Waals surface area contributed by atoms with E-state index < -0.39 is 16.4 Å². The molecule has 1 saturated heterocycles. The van der Waals surface area contributed by atoms with Gasteiger partial charge in [0, 0.05) is 6.42 Å². The number of benzene rings is 2. The Morgan fingerprint density at radius 2 is 1.23 bits per heavy atom. The van der Waals surface area contributed by atoms with Crippen LogP contribution in [-0.2, 0) is 9.16 Å². The molecule has 1 fully saturated rings. The van der Waals surface area contributed by atoms with Crippen LogP contribution in [0.3, 0.4) is 0 Å². The summed E-state index contributed by atoms with van der Waals surface area (Å²) in [5, 5.41) is 3.45. The van der Waals surface area contributed by atoms with Gasteiger partial charge in [-0.15, -0.1) is 0 Å². The first-order valence-corrected chi connectivity index (χ1v) is 16.9. The quantitative estimate of drug-likeness (QED) is 0.462. The Kier molecular flexibility index (Phi) is 7.07. The van der Waals surface area contributed by atoms with Crippen LogP contribution in [0.4, 0.5) is 0 Å². The summed E-state index contributed by atoms with van der Waals surface area (Å²) >= 11 is 0. The van der Waals surface area contributed by atoms with Crippen molar-refractivity contribution in [1.29, 1.82) is 0 Å². The Balaban J connectivity index is 1.79. The van der Waals surface area contributed by atoms with E-state index in [-0.39, 0.29) is 16.2 Å². The van der Waals surface area contributed by atoms with Crippen molar-refractivity contribution in [1.82, 2.24) is 0 Å². The Bertz CT molecular complexity index is 790. The van der Waals surface area contributed by atoms with Crippen LogP contribution in [0, 0.1) is 0 Å². The summed E-state index contributed by atoms with van der Waals surface area (Å²) in [6, 6.07) is 23.6. The zero-order valence-electron chi connectivity index (χ0n) is 20.9. The molecular weight excluding hydrogens is 412 g/mol. The summed E-state index contributed by atoms with van der Waals surface area (Å²) in [7, 11) is -3.78. The highest BCUT2D eigenvalue weighted by atomic mass is 28.4. The Hall–Kier alpha value is -1.21. The average molecular weight is 455 g/mol. The Labute approximate surface area is 192 Å². The van der Waals surface area contributed by atoms with Crippen molar-refractivity contribution in [2.45, 2.75) is 89.4 Å². The summed E-state index contributed by atoms with van der Waals surface area (Å²) in [5.41, 5.74) is 0.